The van der Waals surface area contributed by atoms with Crippen LogP contribution in [0.25, 0.3) is 0 Å². The number of hydrogen-bond acceptors (Lipinski definition) is 3. The maximum atomic E-state index is 12.4. The normalized spacial score (nSPS) is 19.4. The topological polar surface area (TPSA) is 66.0 Å². The van der Waals surface area contributed by atoms with Gasteiger partial charge in [-0.25, -0.2) is 4.79 Å². The molecule has 1 saturated heterocycles. The molecule has 1 atom stereocenters. The molecule has 1 aliphatic rings. The summed E-state index contributed by atoms with van der Waals surface area (Å²) in [6.07, 6.45) is 2.93. The van der Waals surface area contributed by atoms with Crippen LogP contribution in [-0.4, -0.2) is 54.3 Å². The van der Waals surface area contributed by atoms with Crippen LogP contribution in [0.5, 0.6) is 0 Å². The van der Waals surface area contributed by atoms with Gasteiger partial charge in [-0.05, 0) is 60.8 Å². The molecule has 0 aliphatic carbocycles. The lowest BCUT2D eigenvalue weighted by atomic mass is 10.0. The number of likely N-dealkylation sites (tertiary alicyclic amines) is 1. The number of rotatable bonds is 2. The maximum Gasteiger partial charge on any atom is 0.410 e. The SMILES string of the molecule is CN=C(NCC1CCCCN1C(=O)OC(C)(C)C)NC(C)(C)C.I. The summed E-state index contributed by atoms with van der Waals surface area (Å²) in [6, 6.07) is 0.136. The number of piperidine rings is 1. The molecule has 0 aromatic heterocycles. The van der Waals surface area contributed by atoms with Crippen molar-refractivity contribution in [2.24, 2.45) is 4.99 Å². The van der Waals surface area contributed by atoms with E-state index in [1.165, 1.54) is 0 Å². The van der Waals surface area contributed by atoms with Gasteiger partial charge in [0.05, 0.1) is 6.04 Å². The molecule has 7 heteroatoms. The molecule has 1 amide bonds. The van der Waals surface area contributed by atoms with Crippen molar-refractivity contribution in [3.8, 4) is 0 Å². The fraction of sp³-hybridized carbons (Fsp3) is 0.882. The minimum absolute atomic E-state index is 0. The van der Waals surface area contributed by atoms with Crippen molar-refractivity contribution in [1.29, 1.82) is 0 Å². The standard InChI is InChI=1S/C17H34N4O2.HI/c1-16(2,3)20-14(18-7)19-12-13-10-8-9-11-21(13)15(22)23-17(4,5)6;/h13H,8-12H2,1-7H3,(H2,18,19,20);1H. The van der Waals surface area contributed by atoms with E-state index >= 15 is 0 Å². The Balaban J connectivity index is 0.00000529. The lowest BCUT2D eigenvalue weighted by Crippen LogP contribution is -2.54. The fourth-order valence-electron chi connectivity index (χ4n) is 2.52. The van der Waals surface area contributed by atoms with Gasteiger partial charge in [-0.15, -0.1) is 24.0 Å². The first kappa shape index (κ1) is 23.3. The first-order chi connectivity index (χ1) is 10.5. The average molecular weight is 454 g/mol. The first-order valence-corrected chi connectivity index (χ1v) is 8.50. The highest BCUT2D eigenvalue weighted by molar-refractivity contribution is 14.0. The Bertz CT molecular complexity index is 427. The monoisotopic (exact) mass is 454 g/mol. The predicted octanol–water partition coefficient (Wildman–Crippen LogP) is 3.36. The zero-order valence-corrected chi connectivity index (χ0v) is 18.6. The Kier molecular flexibility index (Phi) is 9.38. The van der Waals surface area contributed by atoms with Gasteiger partial charge >= 0.3 is 6.09 Å². The molecular weight excluding hydrogens is 419 g/mol. The second-order valence-electron chi connectivity index (χ2n) is 8.15. The van der Waals surface area contributed by atoms with Crippen molar-refractivity contribution in [2.75, 3.05) is 20.1 Å². The molecule has 1 unspecified atom stereocenters. The van der Waals surface area contributed by atoms with Gasteiger partial charge in [-0.3, -0.25) is 4.99 Å². The number of halogens is 1. The molecule has 0 aromatic rings. The largest absolute Gasteiger partial charge is 0.444 e. The zero-order valence-electron chi connectivity index (χ0n) is 16.2. The van der Waals surface area contributed by atoms with Crippen LogP contribution in [0.4, 0.5) is 4.79 Å². The summed E-state index contributed by atoms with van der Waals surface area (Å²) < 4.78 is 5.53. The molecule has 0 aromatic carbocycles. The lowest BCUT2D eigenvalue weighted by Gasteiger charge is -2.37. The highest BCUT2D eigenvalue weighted by atomic mass is 127. The lowest BCUT2D eigenvalue weighted by molar-refractivity contribution is 0.0104. The number of guanidine groups is 1. The van der Waals surface area contributed by atoms with Crippen LogP contribution in [0.15, 0.2) is 4.99 Å². The summed E-state index contributed by atoms with van der Waals surface area (Å²) in [5.41, 5.74) is -0.518. The molecule has 142 valence electrons. The van der Waals surface area contributed by atoms with Crippen LogP contribution in [0.1, 0.15) is 60.8 Å². The Hall–Kier alpha value is -0.730. The maximum absolute atomic E-state index is 12.4. The van der Waals surface area contributed by atoms with Gasteiger partial charge in [0.2, 0.25) is 0 Å². The number of ether oxygens (including phenoxy) is 1. The first-order valence-electron chi connectivity index (χ1n) is 8.50. The van der Waals surface area contributed by atoms with Gasteiger partial charge in [0, 0.05) is 25.7 Å². The number of hydrogen-bond donors (Lipinski definition) is 2. The van der Waals surface area contributed by atoms with E-state index in [0.29, 0.717) is 6.54 Å². The van der Waals surface area contributed by atoms with Crippen LogP contribution < -0.4 is 10.6 Å². The number of carbonyl (C=O) groups excluding carboxylic acids is 1. The van der Waals surface area contributed by atoms with Crippen LogP contribution in [0, 0.1) is 0 Å². The number of aliphatic imine (C=N–C) groups is 1. The summed E-state index contributed by atoms with van der Waals surface area (Å²) in [7, 11) is 1.76. The Labute approximate surface area is 164 Å². The van der Waals surface area contributed by atoms with Gasteiger partial charge < -0.3 is 20.3 Å². The molecule has 0 radical (unpaired) electrons. The van der Waals surface area contributed by atoms with E-state index in [2.05, 4.69) is 36.4 Å². The van der Waals surface area contributed by atoms with Gasteiger partial charge in [-0.1, -0.05) is 0 Å². The summed E-state index contributed by atoms with van der Waals surface area (Å²) in [6.45, 7) is 13.4. The third kappa shape index (κ3) is 8.94. The molecule has 1 fully saturated rings. The summed E-state index contributed by atoms with van der Waals surface area (Å²) in [5.74, 6) is 0.757. The minimum Gasteiger partial charge on any atom is -0.444 e. The van der Waals surface area contributed by atoms with Crippen molar-refractivity contribution in [1.82, 2.24) is 15.5 Å². The number of amides is 1. The molecule has 24 heavy (non-hydrogen) atoms. The number of carbonyl (C=O) groups is 1. The summed E-state index contributed by atoms with van der Waals surface area (Å²) in [5, 5.41) is 6.66. The van der Waals surface area contributed by atoms with E-state index in [4.69, 9.17) is 4.74 Å². The Morgan fingerprint density at radius 3 is 2.33 bits per heavy atom. The molecule has 1 heterocycles. The Morgan fingerprint density at radius 2 is 1.83 bits per heavy atom. The third-order valence-corrected chi connectivity index (χ3v) is 3.48. The molecule has 1 rings (SSSR count). The molecule has 0 saturated carbocycles. The molecule has 6 nitrogen and oxygen atoms in total. The quantitative estimate of drug-likeness (QED) is 0.382. The van der Waals surface area contributed by atoms with Crippen LogP contribution in [-0.2, 0) is 4.74 Å². The van der Waals surface area contributed by atoms with Crippen LogP contribution in [0.2, 0.25) is 0 Å². The Morgan fingerprint density at radius 1 is 1.21 bits per heavy atom. The fourth-order valence-corrected chi connectivity index (χ4v) is 2.52. The van der Waals surface area contributed by atoms with Crippen molar-refractivity contribution >= 4 is 36.0 Å². The molecule has 2 N–H and O–H groups in total. The van der Waals surface area contributed by atoms with Crippen molar-refractivity contribution in [3.05, 3.63) is 0 Å². The van der Waals surface area contributed by atoms with E-state index in [9.17, 15) is 4.79 Å². The highest BCUT2D eigenvalue weighted by Crippen LogP contribution is 2.20. The van der Waals surface area contributed by atoms with Gasteiger partial charge in [0.25, 0.3) is 0 Å². The molecular formula is C17H35IN4O2. The number of nitrogens with one attached hydrogen (secondary N) is 2. The molecule has 0 spiro atoms. The predicted molar refractivity (Wildman–Crippen MR) is 110 cm³/mol. The van der Waals surface area contributed by atoms with Crippen LogP contribution >= 0.6 is 24.0 Å². The average Bonchev–Trinajstić information content (AvgIpc) is 2.40. The van der Waals surface area contributed by atoms with Crippen molar-refractivity contribution < 1.29 is 9.53 Å². The molecule has 1 aliphatic heterocycles. The second kappa shape index (κ2) is 9.68. The molecule has 0 bridgehead atoms. The van der Waals surface area contributed by atoms with Gasteiger partial charge in [0.1, 0.15) is 5.60 Å². The third-order valence-electron chi connectivity index (χ3n) is 3.48. The van der Waals surface area contributed by atoms with E-state index in [1.807, 2.05) is 25.7 Å². The van der Waals surface area contributed by atoms with E-state index in [0.717, 1.165) is 31.8 Å². The van der Waals surface area contributed by atoms with Crippen molar-refractivity contribution in [3.63, 3.8) is 0 Å². The second-order valence-corrected chi connectivity index (χ2v) is 8.15. The summed E-state index contributed by atoms with van der Waals surface area (Å²) >= 11 is 0. The summed E-state index contributed by atoms with van der Waals surface area (Å²) in [4.78, 5) is 18.5. The minimum atomic E-state index is -0.462. The highest BCUT2D eigenvalue weighted by Gasteiger charge is 2.30. The van der Waals surface area contributed by atoms with Gasteiger partial charge in [0.15, 0.2) is 5.96 Å². The van der Waals surface area contributed by atoms with E-state index in [1.54, 1.807) is 7.05 Å². The van der Waals surface area contributed by atoms with E-state index in [-0.39, 0.29) is 41.7 Å². The van der Waals surface area contributed by atoms with Crippen LogP contribution in [0.3, 0.4) is 0 Å². The van der Waals surface area contributed by atoms with E-state index < -0.39 is 5.60 Å². The smallest absolute Gasteiger partial charge is 0.410 e. The number of nitrogens with zero attached hydrogens (tertiary/aromatic N) is 2. The van der Waals surface area contributed by atoms with Crippen molar-refractivity contribution in [2.45, 2.75) is 78.0 Å². The van der Waals surface area contributed by atoms with Gasteiger partial charge in [-0.2, -0.15) is 0 Å². The zero-order chi connectivity index (χ0) is 17.7.